The SMILES string of the molecule is CC(C)=O.O=C(O)CC(O)(CC(=O)O)C(=O)O.O=P(O)(O)O. The Bertz CT molecular complexity index is 421. The normalized spacial score (nSPS) is 10.3. The van der Waals surface area contributed by atoms with Crippen LogP contribution in [0.3, 0.4) is 0 Å². The Morgan fingerprint density at radius 2 is 1.05 bits per heavy atom. The van der Waals surface area contributed by atoms with Gasteiger partial charge in [-0.1, -0.05) is 0 Å². The second kappa shape index (κ2) is 10.8. The lowest BCUT2D eigenvalue weighted by Crippen LogP contribution is -2.42. The summed E-state index contributed by atoms with van der Waals surface area (Å²) in [5.74, 6) is -4.85. The second-order valence-electron chi connectivity index (χ2n) is 3.90. The minimum absolute atomic E-state index is 0.167. The maximum atomic E-state index is 10.3. The molecular formula is C9H17O12P. The van der Waals surface area contributed by atoms with Gasteiger partial charge in [0.05, 0.1) is 12.8 Å². The van der Waals surface area contributed by atoms with Crippen molar-refractivity contribution in [1.29, 1.82) is 0 Å². The monoisotopic (exact) mass is 348 g/mol. The summed E-state index contributed by atoms with van der Waals surface area (Å²) in [6, 6.07) is 0. The molecule has 0 amide bonds. The summed E-state index contributed by atoms with van der Waals surface area (Å²) in [5, 5.41) is 33.8. The van der Waals surface area contributed by atoms with Gasteiger partial charge in [-0.3, -0.25) is 9.59 Å². The molecule has 0 radical (unpaired) electrons. The first kappa shape index (κ1) is 25.1. The summed E-state index contributed by atoms with van der Waals surface area (Å²) in [6.45, 7) is 3.06. The molecule has 0 unspecified atom stereocenters. The van der Waals surface area contributed by atoms with E-state index >= 15 is 0 Å². The van der Waals surface area contributed by atoms with Crippen LogP contribution in [0, 0.1) is 0 Å². The third kappa shape index (κ3) is 26.7. The van der Waals surface area contributed by atoms with E-state index < -0.39 is 44.2 Å². The molecule has 0 aromatic carbocycles. The van der Waals surface area contributed by atoms with Gasteiger partial charge in [-0.2, -0.15) is 0 Å². The average Bonchev–Trinajstić information content (AvgIpc) is 2.09. The van der Waals surface area contributed by atoms with Crippen LogP contribution in [-0.4, -0.2) is 64.4 Å². The molecule has 130 valence electrons. The minimum Gasteiger partial charge on any atom is -0.481 e. The molecule has 0 aliphatic heterocycles. The van der Waals surface area contributed by atoms with Crippen LogP contribution in [0.4, 0.5) is 0 Å². The van der Waals surface area contributed by atoms with Gasteiger partial charge in [-0.25, -0.2) is 9.36 Å². The van der Waals surface area contributed by atoms with Crippen molar-refractivity contribution in [2.24, 2.45) is 0 Å². The highest BCUT2D eigenvalue weighted by molar-refractivity contribution is 7.45. The lowest BCUT2D eigenvalue weighted by molar-refractivity contribution is -0.170. The van der Waals surface area contributed by atoms with Crippen LogP contribution in [0.1, 0.15) is 26.7 Å². The zero-order chi connectivity index (χ0) is 18.7. The summed E-state index contributed by atoms with van der Waals surface area (Å²) < 4.78 is 8.88. The predicted octanol–water partition coefficient (Wildman–Crippen LogP) is -1.58. The highest BCUT2D eigenvalue weighted by Crippen LogP contribution is 2.25. The predicted molar refractivity (Wildman–Crippen MR) is 67.7 cm³/mol. The lowest BCUT2D eigenvalue weighted by Gasteiger charge is -2.18. The van der Waals surface area contributed by atoms with Gasteiger partial charge in [0.15, 0.2) is 5.60 Å². The maximum Gasteiger partial charge on any atom is 0.466 e. The molecule has 0 aromatic rings. The molecule has 0 aliphatic rings. The van der Waals surface area contributed by atoms with Crippen molar-refractivity contribution in [3.8, 4) is 0 Å². The molecule has 0 fully saturated rings. The van der Waals surface area contributed by atoms with Gasteiger partial charge in [0.1, 0.15) is 5.78 Å². The lowest BCUT2D eigenvalue weighted by atomic mass is 9.96. The molecule has 0 saturated carbocycles. The average molecular weight is 348 g/mol. The molecule has 7 N–H and O–H groups in total. The molecule has 13 heteroatoms. The third-order valence-electron chi connectivity index (χ3n) is 1.29. The van der Waals surface area contributed by atoms with Crippen molar-refractivity contribution in [3.63, 3.8) is 0 Å². The number of carbonyl (C=O) groups is 4. The van der Waals surface area contributed by atoms with E-state index in [9.17, 15) is 19.2 Å². The smallest absolute Gasteiger partial charge is 0.466 e. The van der Waals surface area contributed by atoms with E-state index in [-0.39, 0.29) is 5.78 Å². The Morgan fingerprint density at radius 1 is 0.864 bits per heavy atom. The van der Waals surface area contributed by atoms with Crippen LogP contribution in [-0.2, 0) is 23.7 Å². The highest BCUT2D eigenvalue weighted by Gasteiger charge is 2.40. The summed E-state index contributed by atoms with van der Waals surface area (Å²) in [5.41, 5.74) is -2.74. The van der Waals surface area contributed by atoms with Crippen LogP contribution in [0.2, 0.25) is 0 Å². The highest BCUT2D eigenvalue weighted by atomic mass is 31.2. The van der Waals surface area contributed by atoms with Crippen LogP contribution in [0.25, 0.3) is 0 Å². The summed E-state index contributed by atoms with van der Waals surface area (Å²) >= 11 is 0. The number of aliphatic hydroxyl groups is 1. The molecule has 0 bridgehead atoms. The van der Waals surface area contributed by atoms with E-state index in [1.54, 1.807) is 0 Å². The molecule has 0 heterocycles. The number of phosphoric acid groups is 1. The van der Waals surface area contributed by atoms with Crippen molar-refractivity contribution >= 4 is 31.5 Å². The van der Waals surface area contributed by atoms with Crippen LogP contribution in [0.5, 0.6) is 0 Å². The van der Waals surface area contributed by atoms with Gasteiger partial charge in [0, 0.05) is 0 Å². The Balaban J connectivity index is -0.000000330. The number of ketones is 1. The van der Waals surface area contributed by atoms with Crippen LogP contribution < -0.4 is 0 Å². The first-order valence-corrected chi connectivity index (χ1v) is 6.72. The first-order chi connectivity index (χ1) is 9.51. The van der Waals surface area contributed by atoms with Crippen molar-refractivity contribution in [3.05, 3.63) is 0 Å². The summed E-state index contributed by atoms with van der Waals surface area (Å²) in [7, 11) is -4.64. The fourth-order valence-electron chi connectivity index (χ4n) is 0.714. The Morgan fingerprint density at radius 3 is 1.14 bits per heavy atom. The molecule has 0 aromatic heterocycles. The molecule has 0 atom stereocenters. The van der Waals surface area contributed by atoms with Gasteiger partial charge in [-0.05, 0) is 13.8 Å². The maximum absolute atomic E-state index is 10.3. The second-order valence-corrected chi connectivity index (χ2v) is 4.93. The molecule has 22 heavy (non-hydrogen) atoms. The van der Waals surface area contributed by atoms with Gasteiger partial charge in [0.2, 0.25) is 0 Å². The number of rotatable bonds is 5. The summed E-state index contributed by atoms with van der Waals surface area (Å²) in [6.07, 6.45) is -2.29. The van der Waals surface area contributed by atoms with E-state index in [0.29, 0.717) is 0 Å². The van der Waals surface area contributed by atoms with Crippen LogP contribution in [0.15, 0.2) is 0 Å². The molecule has 12 nitrogen and oxygen atoms in total. The van der Waals surface area contributed by atoms with E-state index in [4.69, 9.17) is 39.7 Å². The van der Waals surface area contributed by atoms with E-state index in [2.05, 4.69) is 0 Å². The van der Waals surface area contributed by atoms with E-state index in [1.165, 1.54) is 13.8 Å². The van der Waals surface area contributed by atoms with E-state index in [0.717, 1.165) is 0 Å². The third-order valence-corrected chi connectivity index (χ3v) is 1.29. The molecule has 0 saturated heterocycles. The number of hydrogen-bond donors (Lipinski definition) is 7. The van der Waals surface area contributed by atoms with Gasteiger partial charge >= 0.3 is 25.7 Å². The van der Waals surface area contributed by atoms with Gasteiger partial charge < -0.3 is 39.9 Å². The van der Waals surface area contributed by atoms with Crippen molar-refractivity contribution in [1.82, 2.24) is 0 Å². The number of carbonyl (C=O) groups excluding carboxylic acids is 1. The number of aliphatic carboxylic acids is 3. The topological polar surface area (TPSA) is 227 Å². The first-order valence-electron chi connectivity index (χ1n) is 5.16. The van der Waals surface area contributed by atoms with Crippen molar-refractivity contribution < 1.29 is 58.8 Å². The molecule has 0 aliphatic carbocycles. The Hall–Kier alpha value is -1.85. The standard InChI is InChI=1S/C6H8O7.C3H6O.H3O4P/c7-3(8)1-6(13,5(11)12)2-4(9)10;1-3(2)4;1-5(2,3)4/h13H,1-2H2,(H,7,8)(H,9,10)(H,11,12);1-2H3;(H3,1,2,3,4). The van der Waals surface area contributed by atoms with Crippen molar-refractivity contribution in [2.75, 3.05) is 0 Å². The zero-order valence-electron chi connectivity index (χ0n) is 11.5. The minimum atomic E-state index is -4.64. The van der Waals surface area contributed by atoms with E-state index in [1.807, 2.05) is 0 Å². The molecule has 0 rings (SSSR count). The number of carboxylic acids is 3. The van der Waals surface area contributed by atoms with Gasteiger partial charge in [-0.15, -0.1) is 0 Å². The van der Waals surface area contributed by atoms with Gasteiger partial charge in [0.25, 0.3) is 0 Å². The Kier molecular flexibility index (Phi) is 12.4. The fourth-order valence-corrected chi connectivity index (χ4v) is 0.714. The van der Waals surface area contributed by atoms with Crippen molar-refractivity contribution in [2.45, 2.75) is 32.3 Å². The number of hydrogen-bond acceptors (Lipinski definition) is 6. The molecular weight excluding hydrogens is 331 g/mol. The fraction of sp³-hybridized carbons (Fsp3) is 0.556. The largest absolute Gasteiger partial charge is 0.481 e. The number of carboxylic acid groups (broad SMARTS) is 3. The Labute approximate surface area is 123 Å². The quantitative estimate of drug-likeness (QED) is 0.279. The summed E-state index contributed by atoms with van der Waals surface area (Å²) in [4.78, 5) is 61.5. The number of Topliss-reactive ketones (excluding diaryl/α,β-unsaturated/α-hetero) is 1. The zero-order valence-corrected chi connectivity index (χ0v) is 12.4. The van der Waals surface area contributed by atoms with Crippen LogP contribution >= 0.6 is 7.82 Å². The molecule has 0 spiro atoms.